The summed E-state index contributed by atoms with van der Waals surface area (Å²) in [7, 11) is -3.98. The van der Waals surface area contributed by atoms with E-state index in [1.165, 1.54) is 17.0 Å². The summed E-state index contributed by atoms with van der Waals surface area (Å²) in [6.07, 6.45) is 1.25. The van der Waals surface area contributed by atoms with E-state index in [9.17, 15) is 18.0 Å². The standard InChI is InChI=1S/C24H29Cl4N3O4S/c1-6-20(23(33)29-24(2,3)4)30(13-15-7-9-16(25)10-8-15)22(32)14-31(36(5,34)35)21-12-18(27)17(26)11-19(21)28/h7-12,20H,6,13-14H2,1-5H3,(H,29,33)/t20-/m1/s1. The summed E-state index contributed by atoms with van der Waals surface area (Å²) in [5.74, 6) is -0.959. The van der Waals surface area contributed by atoms with Gasteiger partial charge in [0.05, 0.1) is 27.0 Å². The molecule has 0 fully saturated rings. The van der Waals surface area contributed by atoms with Gasteiger partial charge < -0.3 is 10.2 Å². The zero-order valence-electron chi connectivity index (χ0n) is 20.6. The Morgan fingerprint density at radius 3 is 2.03 bits per heavy atom. The number of anilines is 1. The molecule has 7 nitrogen and oxygen atoms in total. The maximum atomic E-state index is 13.7. The smallest absolute Gasteiger partial charge is 0.244 e. The third-order valence-corrected chi connectivity index (χ3v) is 7.49. The molecule has 0 bridgehead atoms. The number of rotatable bonds is 9. The van der Waals surface area contributed by atoms with Crippen molar-refractivity contribution in [2.45, 2.75) is 52.2 Å². The molecule has 36 heavy (non-hydrogen) atoms. The molecule has 1 N–H and O–H groups in total. The molecule has 0 saturated heterocycles. The number of benzene rings is 2. The number of carbonyl (C=O) groups is 2. The van der Waals surface area contributed by atoms with Crippen molar-refractivity contribution in [2.75, 3.05) is 17.1 Å². The monoisotopic (exact) mass is 595 g/mol. The van der Waals surface area contributed by atoms with Crippen molar-refractivity contribution >= 4 is 73.9 Å². The van der Waals surface area contributed by atoms with Gasteiger partial charge in [-0.25, -0.2) is 8.42 Å². The van der Waals surface area contributed by atoms with Crippen LogP contribution in [0.25, 0.3) is 0 Å². The Morgan fingerprint density at radius 2 is 1.53 bits per heavy atom. The van der Waals surface area contributed by atoms with E-state index in [0.29, 0.717) is 17.0 Å². The van der Waals surface area contributed by atoms with E-state index in [2.05, 4.69) is 5.32 Å². The highest BCUT2D eigenvalue weighted by molar-refractivity contribution is 7.92. The van der Waals surface area contributed by atoms with E-state index in [4.69, 9.17) is 46.4 Å². The first-order valence-electron chi connectivity index (χ1n) is 11.0. The molecular weight excluding hydrogens is 568 g/mol. The van der Waals surface area contributed by atoms with E-state index in [-0.39, 0.29) is 33.2 Å². The summed E-state index contributed by atoms with van der Waals surface area (Å²) in [4.78, 5) is 28.2. The average molecular weight is 597 g/mol. The van der Waals surface area contributed by atoms with Crippen LogP contribution in [0.4, 0.5) is 5.69 Å². The van der Waals surface area contributed by atoms with Crippen LogP contribution in [0.2, 0.25) is 20.1 Å². The molecule has 2 aromatic rings. The lowest BCUT2D eigenvalue weighted by atomic mass is 10.1. The Labute approximate surface area is 232 Å². The highest BCUT2D eigenvalue weighted by Gasteiger charge is 2.33. The number of carbonyl (C=O) groups excluding carboxylic acids is 2. The van der Waals surface area contributed by atoms with Crippen molar-refractivity contribution in [3.63, 3.8) is 0 Å². The molecule has 0 aliphatic carbocycles. The molecule has 2 rings (SSSR count). The Hall–Kier alpha value is -1.71. The van der Waals surface area contributed by atoms with Crippen LogP contribution >= 0.6 is 46.4 Å². The predicted molar refractivity (Wildman–Crippen MR) is 148 cm³/mol. The summed E-state index contributed by atoms with van der Waals surface area (Å²) in [6.45, 7) is 6.73. The molecular formula is C24H29Cl4N3O4S. The Kier molecular flexibility index (Phi) is 10.4. The van der Waals surface area contributed by atoms with Crippen molar-refractivity contribution < 1.29 is 18.0 Å². The fraction of sp³-hybridized carbons (Fsp3) is 0.417. The zero-order valence-corrected chi connectivity index (χ0v) is 24.5. The molecule has 0 saturated carbocycles. The van der Waals surface area contributed by atoms with E-state index in [1.54, 1.807) is 31.2 Å². The van der Waals surface area contributed by atoms with Gasteiger partial charge in [-0.05, 0) is 57.0 Å². The number of sulfonamides is 1. The molecule has 0 aromatic heterocycles. The summed E-state index contributed by atoms with van der Waals surface area (Å²) in [5, 5.41) is 3.64. The minimum Gasteiger partial charge on any atom is -0.350 e. The average Bonchev–Trinajstić information content (AvgIpc) is 2.74. The third kappa shape index (κ3) is 8.42. The molecule has 0 unspecified atom stereocenters. The summed E-state index contributed by atoms with van der Waals surface area (Å²) in [5.41, 5.74) is 0.181. The summed E-state index contributed by atoms with van der Waals surface area (Å²) in [6, 6.07) is 8.55. The fourth-order valence-corrected chi connectivity index (χ4v) is 5.13. The number of hydrogen-bond donors (Lipinski definition) is 1. The van der Waals surface area contributed by atoms with E-state index >= 15 is 0 Å². The van der Waals surface area contributed by atoms with Crippen LogP contribution in [0.1, 0.15) is 39.7 Å². The van der Waals surface area contributed by atoms with Crippen molar-refractivity contribution in [1.82, 2.24) is 10.2 Å². The second-order valence-electron chi connectivity index (χ2n) is 9.30. The number of nitrogens with one attached hydrogen (secondary N) is 1. The number of halogens is 4. The molecule has 2 amide bonds. The quantitative estimate of drug-likeness (QED) is 0.371. The number of nitrogens with zero attached hydrogens (tertiary/aromatic N) is 2. The lowest BCUT2D eigenvalue weighted by Gasteiger charge is -2.34. The van der Waals surface area contributed by atoms with Crippen LogP contribution in [-0.4, -0.2) is 49.5 Å². The molecule has 0 aliphatic heterocycles. The van der Waals surface area contributed by atoms with E-state index in [1.807, 2.05) is 20.8 Å². The van der Waals surface area contributed by atoms with Crippen molar-refractivity contribution in [2.24, 2.45) is 0 Å². The normalized spacial score (nSPS) is 12.7. The van der Waals surface area contributed by atoms with Crippen molar-refractivity contribution in [1.29, 1.82) is 0 Å². The van der Waals surface area contributed by atoms with Crippen LogP contribution in [0, 0.1) is 0 Å². The first-order valence-corrected chi connectivity index (χ1v) is 14.4. The Balaban J connectivity index is 2.52. The zero-order chi connectivity index (χ0) is 27.4. The van der Waals surface area contributed by atoms with Crippen LogP contribution < -0.4 is 9.62 Å². The molecule has 1 atom stereocenters. The van der Waals surface area contributed by atoms with E-state index < -0.39 is 34.1 Å². The number of amides is 2. The first-order chi connectivity index (χ1) is 16.5. The molecule has 0 radical (unpaired) electrons. The highest BCUT2D eigenvalue weighted by Crippen LogP contribution is 2.35. The van der Waals surface area contributed by atoms with Crippen LogP contribution in [0.15, 0.2) is 36.4 Å². The number of hydrogen-bond acceptors (Lipinski definition) is 4. The van der Waals surface area contributed by atoms with Gasteiger partial charge >= 0.3 is 0 Å². The lowest BCUT2D eigenvalue weighted by molar-refractivity contribution is -0.141. The maximum Gasteiger partial charge on any atom is 0.244 e. The molecule has 0 spiro atoms. The maximum absolute atomic E-state index is 13.7. The van der Waals surface area contributed by atoms with Gasteiger partial charge in [-0.1, -0.05) is 65.5 Å². The Bertz CT molecular complexity index is 1220. The van der Waals surface area contributed by atoms with Gasteiger partial charge in [0, 0.05) is 17.1 Å². The third-order valence-electron chi connectivity index (χ3n) is 5.09. The highest BCUT2D eigenvalue weighted by atomic mass is 35.5. The minimum atomic E-state index is -3.98. The van der Waals surface area contributed by atoms with Crippen LogP contribution in [-0.2, 0) is 26.2 Å². The molecule has 198 valence electrons. The summed E-state index contributed by atoms with van der Waals surface area (Å²) < 4.78 is 26.3. The second kappa shape index (κ2) is 12.2. The van der Waals surface area contributed by atoms with Gasteiger partial charge in [0.1, 0.15) is 12.6 Å². The second-order valence-corrected chi connectivity index (χ2v) is 12.9. The van der Waals surface area contributed by atoms with Crippen molar-refractivity contribution in [3.05, 3.63) is 62.1 Å². The van der Waals surface area contributed by atoms with Gasteiger partial charge in [0.25, 0.3) is 0 Å². The Morgan fingerprint density at radius 1 is 0.972 bits per heavy atom. The van der Waals surface area contributed by atoms with E-state index in [0.717, 1.165) is 10.6 Å². The van der Waals surface area contributed by atoms with Crippen molar-refractivity contribution in [3.8, 4) is 0 Å². The molecule has 12 heteroatoms. The van der Waals surface area contributed by atoms with Gasteiger partial charge in [0.15, 0.2) is 0 Å². The SMILES string of the molecule is CC[C@H](C(=O)NC(C)(C)C)N(Cc1ccc(Cl)cc1)C(=O)CN(c1cc(Cl)c(Cl)cc1Cl)S(C)(=O)=O. The molecule has 0 aliphatic rings. The summed E-state index contributed by atoms with van der Waals surface area (Å²) >= 11 is 24.4. The van der Waals surface area contributed by atoms with Gasteiger partial charge in [0.2, 0.25) is 21.8 Å². The van der Waals surface area contributed by atoms with Gasteiger partial charge in [-0.2, -0.15) is 0 Å². The largest absolute Gasteiger partial charge is 0.350 e. The van der Waals surface area contributed by atoms with Crippen LogP contribution in [0.5, 0.6) is 0 Å². The first kappa shape index (κ1) is 30.5. The molecule has 2 aromatic carbocycles. The predicted octanol–water partition coefficient (Wildman–Crippen LogP) is 5.79. The minimum absolute atomic E-state index is 0.000510. The van der Waals surface area contributed by atoms with Gasteiger partial charge in [-0.15, -0.1) is 0 Å². The van der Waals surface area contributed by atoms with Gasteiger partial charge in [-0.3, -0.25) is 13.9 Å². The lowest BCUT2D eigenvalue weighted by Crippen LogP contribution is -2.55. The topological polar surface area (TPSA) is 86.8 Å². The molecule has 0 heterocycles. The fourth-order valence-electron chi connectivity index (χ4n) is 3.46. The van der Waals surface area contributed by atoms with Crippen LogP contribution in [0.3, 0.4) is 0 Å².